The molecule has 0 radical (unpaired) electrons. The molecule has 4 rings (SSSR count). The number of H-pyrrole nitrogens is 1. The highest BCUT2D eigenvalue weighted by molar-refractivity contribution is 5.95. The number of aryl methyl sites for hydroxylation is 1. The van der Waals surface area contributed by atoms with Crippen molar-refractivity contribution >= 4 is 22.5 Å². The molecule has 2 N–H and O–H groups in total. The molecule has 0 saturated carbocycles. The molecule has 3 aromatic rings. The summed E-state index contributed by atoms with van der Waals surface area (Å²) in [5, 5.41) is 3.87. The Kier molecular flexibility index (Phi) is 5.12. The van der Waals surface area contributed by atoms with Crippen LogP contribution >= 0.6 is 0 Å². The van der Waals surface area contributed by atoms with Crippen molar-refractivity contribution < 1.29 is 9.53 Å². The van der Waals surface area contributed by atoms with Crippen molar-refractivity contribution in [3.63, 3.8) is 0 Å². The summed E-state index contributed by atoms with van der Waals surface area (Å²) in [6.07, 6.45) is 0. The minimum absolute atomic E-state index is 0.152. The number of hydrogen-bond donors (Lipinski definition) is 2. The maximum Gasteiger partial charge on any atom is 0.251 e. The number of rotatable bonds is 4. The zero-order valence-corrected chi connectivity index (χ0v) is 15.8. The van der Waals surface area contributed by atoms with Gasteiger partial charge in [-0.15, -0.1) is 0 Å². The van der Waals surface area contributed by atoms with Gasteiger partial charge in [-0.25, -0.2) is 0 Å². The molecule has 0 atom stereocenters. The second-order valence-electron chi connectivity index (χ2n) is 6.99. The summed E-state index contributed by atoms with van der Waals surface area (Å²) in [6.45, 7) is 5.50. The summed E-state index contributed by atoms with van der Waals surface area (Å²) in [4.78, 5) is 29.6. The van der Waals surface area contributed by atoms with E-state index in [9.17, 15) is 9.59 Å². The van der Waals surface area contributed by atoms with Gasteiger partial charge in [-0.1, -0.05) is 18.2 Å². The summed E-state index contributed by atoms with van der Waals surface area (Å²) >= 11 is 0. The van der Waals surface area contributed by atoms with Crippen LogP contribution in [0.25, 0.3) is 10.9 Å². The van der Waals surface area contributed by atoms with E-state index in [0.29, 0.717) is 12.1 Å². The number of hydrogen-bond acceptors (Lipinski definition) is 4. The molecule has 6 heteroatoms. The second-order valence-corrected chi connectivity index (χ2v) is 6.99. The Hall–Kier alpha value is -3.12. The van der Waals surface area contributed by atoms with Gasteiger partial charge in [-0.05, 0) is 42.3 Å². The van der Waals surface area contributed by atoms with Crippen molar-refractivity contribution in [3.05, 3.63) is 75.6 Å². The van der Waals surface area contributed by atoms with E-state index in [1.165, 1.54) is 6.07 Å². The summed E-state index contributed by atoms with van der Waals surface area (Å²) < 4.78 is 5.41. The Morgan fingerprint density at radius 1 is 1.14 bits per heavy atom. The first kappa shape index (κ1) is 18.3. The molecule has 1 aliphatic rings. The lowest BCUT2D eigenvalue weighted by Crippen LogP contribution is -2.36. The zero-order chi connectivity index (χ0) is 19.5. The van der Waals surface area contributed by atoms with Gasteiger partial charge in [0, 0.05) is 47.9 Å². The number of benzene rings is 2. The number of morpholine rings is 1. The van der Waals surface area contributed by atoms with Crippen LogP contribution in [0.4, 0.5) is 5.69 Å². The standard InChI is InChI=1S/C22H23N3O3/c1-15-12-16(6-7-20(15)25-8-10-28-11-9-25)22(27)23-14-17-13-21(26)24-19-5-3-2-4-18(17)19/h2-7,12-13H,8-11,14H2,1H3,(H,23,27)(H,24,26). The molecule has 2 aromatic carbocycles. The molecule has 144 valence electrons. The number of aromatic nitrogens is 1. The molecule has 0 spiro atoms. The van der Waals surface area contributed by atoms with Crippen molar-refractivity contribution in [2.24, 2.45) is 0 Å². The Balaban J connectivity index is 1.50. The Morgan fingerprint density at radius 3 is 2.71 bits per heavy atom. The minimum Gasteiger partial charge on any atom is -0.378 e. The maximum atomic E-state index is 12.6. The molecule has 1 saturated heterocycles. The Bertz CT molecular complexity index is 1070. The number of carbonyl (C=O) groups is 1. The zero-order valence-electron chi connectivity index (χ0n) is 15.8. The van der Waals surface area contributed by atoms with Gasteiger partial charge >= 0.3 is 0 Å². The number of ether oxygens (including phenoxy) is 1. The largest absolute Gasteiger partial charge is 0.378 e. The van der Waals surface area contributed by atoms with Crippen LogP contribution in [0.3, 0.4) is 0 Å². The highest BCUT2D eigenvalue weighted by Gasteiger charge is 2.15. The fraction of sp³-hybridized carbons (Fsp3) is 0.273. The number of nitrogens with one attached hydrogen (secondary N) is 2. The third-order valence-electron chi connectivity index (χ3n) is 5.09. The predicted octanol–water partition coefficient (Wildman–Crippen LogP) is 2.60. The van der Waals surface area contributed by atoms with Gasteiger partial charge in [-0.2, -0.15) is 0 Å². The number of fused-ring (bicyclic) bond motifs is 1. The number of nitrogens with zero attached hydrogens (tertiary/aromatic N) is 1. The van der Waals surface area contributed by atoms with Gasteiger partial charge in [-0.3, -0.25) is 9.59 Å². The van der Waals surface area contributed by atoms with Crippen LogP contribution in [0.15, 0.2) is 53.3 Å². The van der Waals surface area contributed by atoms with E-state index in [2.05, 4.69) is 15.2 Å². The summed E-state index contributed by atoms with van der Waals surface area (Å²) in [6, 6.07) is 14.9. The first-order chi connectivity index (χ1) is 13.6. The molecule has 1 aromatic heterocycles. The Labute approximate surface area is 163 Å². The first-order valence-corrected chi connectivity index (χ1v) is 9.44. The lowest BCUT2D eigenvalue weighted by atomic mass is 10.1. The SMILES string of the molecule is Cc1cc(C(=O)NCc2cc(=O)[nH]c3ccccc23)ccc1N1CCOCC1. The number of carbonyl (C=O) groups excluding carboxylic acids is 1. The van der Waals surface area contributed by atoms with Crippen LogP contribution in [0.1, 0.15) is 21.5 Å². The van der Waals surface area contributed by atoms with Gasteiger partial charge in [0.25, 0.3) is 5.91 Å². The lowest BCUT2D eigenvalue weighted by molar-refractivity contribution is 0.0951. The molecule has 6 nitrogen and oxygen atoms in total. The van der Waals surface area contributed by atoms with Gasteiger partial charge in [0.15, 0.2) is 0 Å². The van der Waals surface area contributed by atoms with E-state index in [-0.39, 0.29) is 11.5 Å². The van der Waals surface area contributed by atoms with Crippen LogP contribution in [0.5, 0.6) is 0 Å². The van der Waals surface area contributed by atoms with E-state index < -0.39 is 0 Å². The molecular formula is C22H23N3O3. The van der Waals surface area contributed by atoms with Crippen LogP contribution in [-0.4, -0.2) is 37.2 Å². The topological polar surface area (TPSA) is 74.4 Å². The van der Waals surface area contributed by atoms with Crippen molar-refractivity contribution in [3.8, 4) is 0 Å². The van der Waals surface area contributed by atoms with Gasteiger partial charge in [0.2, 0.25) is 5.56 Å². The van der Waals surface area contributed by atoms with Crippen molar-refractivity contribution in [2.45, 2.75) is 13.5 Å². The predicted molar refractivity (Wildman–Crippen MR) is 110 cm³/mol. The highest BCUT2D eigenvalue weighted by atomic mass is 16.5. The number of anilines is 1. The smallest absolute Gasteiger partial charge is 0.251 e. The van der Waals surface area contributed by atoms with Crippen LogP contribution in [-0.2, 0) is 11.3 Å². The van der Waals surface area contributed by atoms with Crippen LogP contribution < -0.4 is 15.8 Å². The van der Waals surface area contributed by atoms with Crippen LogP contribution in [0.2, 0.25) is 0 Å². The fourth-order valence-electron chi connectivity index (χ4n) is 3.66. The first-order valence-electron chi connectivity index (χ1n) is 9.44. The summed E-state index contributed by atoms with van der Waals surface area (Å²) in [7, 11) is 0. The molecule has 0 aliphatic carbocycles. The number of para-hydroxylation sites is 1. The quantitative estimate of drug-likeness (QED) is 0.733. The average molecular weight is 377 g/mol. The molecular weight excluding hydrogens is 354 g/mol. The van der Waals surface area contributed by atoms with E-state index in [0.717, 1.165) is 54.0 Å². The van der Waals surface area contributed by atoms with Crippen molar-refractivity contribution in [1.82, 2.24) is 10.3 Å². The van der Waals surface area contributed by atoms with Gasteiger partial charge < -0.3 is 19.9 Å². The number of pyridine rings is 1. The molecule has 28 heavy (non-hydrogen) atoms. The molecule has 1 amide bonds. The summed E-state index contributed by atoms with van der Waals surface area (Å²) in [5.74, 6) is -0.152. The number of amides is 1. The minimum atomic E-state index is -0.173. The van der Waals surface area contributed by atoms with E-state index >= 15 is 0 Å². The Morgan fingerprint density at radius 2 is 1.93 bits per heavy atom. The van der Waals surface area contributed by atoms with Crippen LogP contribution in [0, 0.1) is 6.92 Å². The normalized spacial score (nSPS) is 14.2. The van der Waals surface area contributed by atoms with Gasteiger partial charge in [0.1, 0.15) is 0 Å². The average Bonchev–Trinajstić information content (AvgIpc) is 2.72. The maximum absolute atomic E-state index is 12.6. The van der Waals surface area contributed by atoms with E-state index in [1.54, 1.807) is 0 Å². The molecule has 0 bridgehead atoms. The van der Waals surface area contributed by atoms with E-state index in [1.807, 2.05) is 49.4 Å². The molecule has 0 unspecified atom stereocenters. The summed E-state index contributed by atoms with van der Waals surface area (Å²) in [5.41, 5.74) is 4.22. The molecule has 2 heterocycles. The van der Waals surface area contributed by atoms with Gasteiger partial charge in [0.05, 0.1) is 13.2 Å². The highest BCUT2D eigenvalue weighted by Crippen LogP contribution is 2.22. The van der Waals surface area contributed by atoms with Crippen molar-refractivity contribution in [2.75, 3.05) is 31.2 Å². The van der Waals surface area contributed by atoms with Crippen molar-refractivity contribution in [1.29, 1.82) is 0 Å². The van der Waals surface area contributed by atoms with E-state index in [4.69, 9.17) is 4.74 Å². The third-order valence-corrected chi connectivity index (χ3v) is 5.09. The third kappa shape index (κ3) is 3.77. The fourth-order valence-corrected chi connectivity index (χ4v) is 3.66. The molecule has 1 fully saturated rings. The number of aromatic amines is 1. The lowest BCUT2D eigenvalue weighted by Gasteiger charge is -2.30. The second kappa shape index (κ2) is 7.86. The molecule has 1 aliphatic heterocycles. The monoisotopic (exact) mass is 377 g/mol.